The summed E-state index contributed by atoms with van der Waals surface area (Å²) in [4.78, 5) is 26.1. The van der Waals surface area contributed by atoms with E-state index >= 15 is 0 Å². The number of carbonyl (C=O) groups excluding carboxylic acids is 1. The second kappa shape index (κ2) is 7.95. The van der Waals surface area contributed by atoms with Gasteiger partial charge < -0.3 is 10.3 Å². The molecule has 146 valence electrons. The van der Waals surface area contributed by atoms with Gasteiger partial charge in [-0.25, -0.2) is 13.1 Å². The summed E-state index contributed by atoms with van der Waals surface area (Å²) in [5.41, 5.74) is 2.99. The van der Waals surface area contributed by atoms with E-state index in [1.807, 2.05) is 32.0 Å². The fourth-order valence-corrected chi connectivity index (χ4v) is 3.83. The minimum atomic E-state index is -3.77. The highest BCUT2D eigenvalue weighted by Gasteiger charge is 2.15. The number of aromatic nitrogens is 1. The fourth-order valence-electron chi connectivity index (χ4n) is 2.77. The number of benzene rings is 2. The molecule has 3 N–H and O–H groups in total. The summed E-state index contributed by atoms with van der Waals surface area (Å²) < 4.78 is 27.4. The normalized spacial score (nSPS) is 11.5. The number of hydrogen-bond donors (Lipinski definition) is 3. The maximum Gasteiger partial charge on any atom is 0.248 e. The Hall–Kier alpha value is -2.97. The van der Waals surface area contributed by atoms with Gasteiger partial charge in [-0.1, -0.05) is 12.1 Å². The Morgan fingerprint density at radius 1 is 1.04 bits per heavy atom. The molecule has 0 atom stereocenters. The predicted octanol–water partition coefficient (Wildman–Crippen LogP) is 2.45. The van der Waals surface area contributed by atoms with Crippen LogP contribution in [-0.4, -0.2) is 25.9 Å². The number of carbonyl (C=O) groups is 1. The van der Waals surface area contributed by atoms with Crippen LogP contribution in [0.4, 0.5) is 5.69 Å². The Morgan fingerprint density at radius 2 is 1.82 bits per heavy atom. The largest absolute Gasteiger partial charge is 0.326 e. The molecule has 0 saturated heterocycles. The highest BCUT2D eigenvalue weighted by molar-refractivity contribution is 7.89. The molecule has 3 aromatic rings. The lowest BCUT2D eigenvalue weighted by molar-refractivity contribution is -0.116. The minimum absolute atomic E-state index is 0.00745. The van der Waals surface area contributed by atoms with Crippen LogP contribution in [0.3, 0.4) is 0 Å². The molecular formula is C20H21N3O4S. The van der Waals surface area contributed by atoms with Crippen LogP contribution in [0, 0.1) is 13.8 Å². The van der Waals surface area contributed by atoms with Crippen LogP contribution in [0.2, 0.25) is 0 Å². The lowest BCUT2D eigenvalue weighted by Crippen LogP contribution is -2.28. The molecule has 1 aromatic heterocycles. The van der Waals surface area contributed by atoms with E-state index in [9.17, 15) is 18.0 Å². The summed E-state index contributed by atoms with van der Waals surface area (Å²) in [5, 5.41) is 3.41. The summed E-state index contributed by atoms with van der Waals surface area (Å²) >= 11 is 0. The molecule has 7 nitrogen and oxygen atoms in total. The van der Waals surface area contributed by atoms with Gasteiger partial charge in [0.15, 0.2) is 0 Å². The van der Waals surface area contributed by atoms with Gasteiger partial charge in [-0.15, -0.1) is 0 Å². The molecule has 1 amide bonds. The zero-order valence-corrected chi connectivity index (χ0v) is 16.4. The molecule has 8 heteroatoms. The zero-order valence-electron chi connectivity index (χ0n) is 15.6. The number of H-pyrrole nitrogens is 1. The van der Waals surface area contributed by atoms with E-state index in [1.54, 1.807) is 12.1 Å². The van der Waals surface area contributed by atoms with Crippen LogP contribution in [0.25, 0.3) is 10.9 Å². The standard InChI is InChI=1S/C20H21N3O4S/c1-13-3-4-14(2)18(11-13)23-20(25)9-10-21-28(26,27)16-6-7-17-15(12-16)5-8-19(24)22-17/h3-8,11-12,21H,9-10H2,1-2H3,(H,22,24)(H,23,25). The van der Waals surface area contributed by atoms with Crippen LogP contribution in [0.5, 0.6) is 0 Å². The number of anilines is 1. The SMILES string of the molecule is Cc1ccc(C)c(NC(=O)CCNS(=O)(=O)c2ccc3[nH]c(=O)ccc3c2)c1. The van der Waals surface area contributed by atoms with Crippen molar-refractivity contribution in [3.05, 3.63) is 70.0 Å². The average molecular weight is 399 g/mol. The fraction of sp³-hybridized carbons (Fsp3) is 0.200. The van der Waals surface area contributed by atoms with Crippen LogP contribution in [0.15, 0.2) is 58.2 Å². The topological polar surface area (TPSA) is 108 Å². The van der Waals surface area contributed by atoms with Crippen molar-refractivity contribution in [2.24, 2.45) is 0 Å². The van der Waals surface area contributed by atoms with Crippen molar-refractivity contribution in [3.63, 3.8) is 0 Å². The number of nitrogens with one attached hydrogen (secondary N) is 3. The van der Waals surface area contributed by atoms with E-state index in [0.717, 1.165) is 16.8 Å². The Labute approximate surface area is 162 Å². The Bertz CT molecular complexity index is 1200. The van der Waals surface area contributed by atoms with Gasteiger partial charge >= 0.3 is 0 Å². The van der Waals surface area contributed by atoms with Crippen molar-refractivity contribution in [2.75, 3.05) is 11.9 Å². The molecule has 0 aliphatic heterocycles. The molecule has 28 heavy (non-hydrogen) atoms. The number of aromatic amines is 1. The van der Waals surface area contributed by atoms with Crippen molar-refractivity contribution < 1.29 is 13.2 Å². The van der Waals surface area contributed by atoms with Crippen molar-refractivity contribution in [3.8, 4) is 0 Å². The summed E-state index contributed by atoms with van der Waals surface area (Å²) in [6.45, 7) is 3.80. The first-order chi connectivity index (χ1) is 13.2. The average Bonchev–Trinajstić information content (AvgIpc) is 2.64. The number of sulfonamides is 1. The maximum absolute atomic E-state index is 12.5. The maximum atomic E-state index is 12.5. The van der Waals surface area contributed by atoms with E-state index in [1.165, 1.54) is 18.2 Å². The summed E-state index contributed by atoms with van der Waals surface area (Å²) in [6.07, 6.45) is 0.00745. The van der Waals surface area contributed by atoms with Crippen LogP contribution >= 0.6 is 0 Å². The number of amides is 1. The molecule has 1 heterocycles. The summed E-state index contributed by atoms with van der Waals surface area (Å²) in [6, 6.07) is 13.1. The van der Waals surface area contributed by atoms with E-state index < -0.39 is 10.0 Å². The third-order valence-electron chi connectivity index (χ3n) is 4.32. The van der Waals surface area contributed by atoms with Crippen LogP contribution < -0.4 is 15.6 Å². The van der Waals surface area contributed by atoms with E-state index in [4.69, 9.17) is 0 Å². The van der Waals surface area contributed by atoms with Crippen molar-refractivity contribution >= 4 is 32.5 Å². The van der Waals surface area contributed by atoms with E-state index in [-0.39, 0.29) is 29.3 Å². The smallest absolute Gasteiger partial charge is 0.248 e. The van der Waals surface area contributed by atoms with E-state index in [0.29, 0.717) is 10.9 Å². The third-order valence-corrected chi connectivity index (χ3v) is 5.78. The molecule has 3 rings (SSSR count). The lowest BCUT2D eigenvalue weighted by atomic mass is 10.1. The molecule has 0 saturated carbocycles. The third kappa shape index (κ3) is 4.65. The highest BCUT2D eigenvalue weighted by atomic mass is 32.2. The van der Waals surface area contributed by atoms with Gasteiger partial charge in [-0.05, 0) is 60.7 Å². The first-order valence-corrected chi connectivity index (χ1v) is 10.2. The summed E-state index contributed by atoms with van der Waals surface area (Å²) in [7, 11) is -3.77. The number of hydrogen-bond acceptors (Lipinski definition) is 4. The molecule has 0 aliphatic carbocycles. The highest BCUT2D eigenvalue weighted by Crippen LogP contribution is 2.17. The first-order valence-electron chi connectivity index (χ1n) is 8.74. The van der Waals surface area contributed by atoms with Gasteiger partial charge in [0.05, 0.1) is 4.90 Å². The van der Waals surface area contributed by atoms with Crippen LogP contribution in [-0.2, 0) is 14.8 Å². The van der Waals surface area contributed by atoms with Gasteiger partial charge in [0, 0.05) is 30.2 Å². The second-order valence-electron chi connectivity index (χ2n) is 6.59. The summed E-state index contributed by atoms with van der Waals surface area (Å²) in [5.74, 6) is -0.271. The monoisotopic (exact) mass is 399 g/mol. The molecule has 0 spiro atoms. The van der Waals surface area contributed by atoms with Crippen molar-refractivity contribution in [1.82, 2.24) is 9.71 Å². The Balaban J connectivity index is 1.63. The van der Waals surface area contributed by atoms with E-state index in [2.05, 4.69) is 15.0 Å². The number of pyridine rings is 1. The molecule has 0 aliphatic rings. The van der Waals surface area contributed by atoms with Gasteiger partial charge in [0.25, 0.3) is 0 Å². The molecular weight excluding hydrogens is 378 g/mol. The Kier molecular flexibility index (Phi) is 5.62. The molecule has 0 fully saturated rings. The number of fused-ring (bicyclic) bond motifs is 1. The van der Waals surface area contributed by atoms with Crippen molar-refractivity contribution in [1.29, 1.82) is 0 Å². The number of rotatable bonds is 6. The molecule has 0 unspecified atom stereocenters. The lowest BCUT2D eigenvalue weighted by Gasteiger charge is -2.10. The quantitative estimate of drug-likeness (QED) is 0.592. The predicted molar refractivity (Wildman–Crippen MR) is 109 cm³/mol. The Morgan fingerprint density at radius 3 is 2.61 bits per heavy atom. The van der Waals surface area contributed by atoms with Gasteiger partial charge in [0.2, 0.25) is 21.5 Å². The number of aryl methyl sites for hydroxylation is 2. The first kappa shape index (κ1) is 19.8. The zero-order chi connectivity index (χ0) is 20.3. The molecule has 0 radical (unpaired) electrons. The molecule has 2 aromatic carbocycles. The minimum Gasteiger partial charge on any atom is -0.326 e. The van der Waals surface area contributed by atoms with Crippen molar-refractivity contribution in [2.45, 2.75) is 25.2 Å². The van der Waals surface area contributed by atoms with Crippen LogP contribution in [0.1, 0.15) is 17.5 Å². The van der Waals surface area contributed by atoms with Gasteiger partial charge in [-0.3, -0.25) is 9.59 Å². The second-order valence-corrected chi connectivity index (χ2v) is 8.35. The van der Waals surface area contributed by atoms with Gasteiger partial charge in [0.1, 0.15) is 0 Å². The van der Waals surface area contributed by atoms with Gasteiger partial charge in [-0.2, -0.15) is 0 Å². The molecule has 0 bridgehead atoms.